The van der Waals surface area contributed by atoms with E-state index in [0.29, 0.717) is 5.56 Å². The number of benzene rings is 2. The molecule has 0 bridgehead atoms. The van der Waals surface area contributed by atoms with Crippen LogP contribution in [-0.4, -0.2) is 162 Å². The fourth-order valence-electron chi connectivity index (χ4n) is 6.74. The summed E-state index contributed by atoms with van der Waals surface area (Å²) in [7, 11) is 0. The monoisotopic (exact) mass is 1050 g/mol. The zero-order chi connectivity index (χ0) is 55.9. The number of H-pyrrole nitrogens is 1. The van der Waals surface area contributed by atoms with E-state index < -0.39 is 170 Å². The maximum atomic E-state index is 13.9. The lowest BCUT2D eigenvalue weighted by Crippen LogP contribution is -2.60. The number of amides is 10. The molecule has 0 saturated carbocycles. The molecule has 0 saturated heterocycles. The van der Waals surface area contributed by atoms with Crippen molar-refractivity contribution < 1.29 is 82.8 Å². The molecule has 3 rings (SSSR count). The standard InChI is InChI=1S/C45H57N13O17/c1-21(46)38(67)53-28(14-33(47)60)41(70)57-30(16-36(63)64)43(72)54-27(13-24-18-49-20-51-24)39(68)50-19-35(62)52-26(11-23-7-9-25(59)10-8-23)40(69)56-31(17-37(65)66)44(73)55-29(15-34(48)61)42(71)58-32(45(74)75)12-22-5-3-2-4-6-22/h2-10,18,20-21,26-32,59H,11-17,19,46H2,1H3,(H2,47,60)(H2,48,61)(H,49,51)(H,50,68)(H,52,62)(H,53,67)(H,54,72)(H,55,73)(H,56,69)(H,57,70)(H,58,71)(H,63,64)(H,65,66)(H,74,75)/t21-,26-,27-,28-,29-,30-,31-,32-/m0/s1. The summed E-state index contributed by atoms with van der Waals surface area (Å²) in [6.45, 7) is 0.301. The van der Waals surface area contributed by atoms with Crippen LogP contribution in [0.4, 0.5) is 0 Å². The minimum Gasteiger partial charge on any atom is -0.508 e. The molecular weight excluding hydrogens is 995 g/mol. The molecule has 0 aliphatic heterocycles. The third-order valence-corrected chi connectivity index (χ3v) is 10.5. The number of rotatable bonds is 31. The summed E-state index contributed by atoms with van der Waals surface area (Å²) in [5.74, 6) is -16.6. The van der Waals surface area contributed by atoms with Gasteiger partial charge in [-0.05, 0) is 30.2 Å². The minimum atomic E-state index is -2.04. The Hall–Kier alpha value is -9.48. The van der Waals surface area contributed by atoms with Crippen molar-refractivity contribution in [1.82, 2.24) is 52.5 Å². The first-order valence-corrected chi connectivity index (χ1v) is 22.5. The molecule has 75 heavy (non-hydrogen) atoms. The molecule has 404 valence electrons. The average Bonchev–Trinajstić information content (AvgIpc) is 3.85. The molecule has 10 amide bonds. The lowest BCUT2D eigenvalue weighted by atomic mass is 10.0. The van der Waals surface area contributed by atoms with Gasteiger partial charge in [-0.1, -0.05) is 42.5 Å². The number of aliphatic carboxylic acids is 3. The van der Waals surface area contributed by atoms with Gasteiger partial charge in [-0.25, -0.2) is 9.78 Å². The highest BCUT2D eigenvalue weighted by molar-refractivity contribution is 6.00. The van der Waals surface area contributed by atoms with Gasteiger partial charge in [-0.2, -0.15) is 0 Å². The predicted molar refractivity (Wildman–Crippen MR) is 254 cm³/mol. The first kappa shape index (κ1) is 59.8. The zero-order valence-electron chi connectivity index (χ0n) is 39.9. The van der Waals surface area contributed by atoms with Gasteiger partial charge in [-0.3, -0.25) is 57.5 Å². The van der Waals surface area contributed by atoms with Crippen molar-refractivity contribution in [2.24, 2.45) is 17.2 Å². The number of carboxylic acid groups (broad SMARTS) is 3. The molecule has 0 spiro atoms. The quantitative estimate of drug-likeness (QED) is 0.0285. The maximum Gasteiger partial charge on any atom is 0.326 e. The van der Waals surface area contributed by atoms with Crippen LogP contribution in [-0.2, 0) is 81.6 Å². The number of imidazole rings is 1. The Morgan fingerprint density at radius 3 is 1.37 bits per heavy atom. The number of hydrogen-bond donors (Lipinski definition) is 16. The number of carbonyl (C=O) groups is 13. The van der Waals surface area contributed by atoms with Crippen LogP contribution in [0.5, 0.6) is 5.75 Å². The Labute approximate surface area is 425 Å². The van der Waals surface area contributed by atoms with Crippen LogP contribution >= 0.6 is 0 Å². The number of carboxylic acids is 3. The Morgan fingerprint density at radius 1 is 0.520 bits per heavy atom. The fraction of sp³-hybridized carbons (Fsp3) is 0.378. The number of phenolic OH excluding ortho intramolecular Hbond substituents is 1. The normalized spacial score (nSPS) is 13.9. The largest absolute Gasteiger partial charge is 0.508 e. The number of aromatic amines is 1. The average molecular weight is 1050 g/mol. The van der Waals surface area contributed by atoms with Crippen molar-refractivity contribution >= 4 is 77.0 Å². The Bertz CT molecular complexity index is 2560. The Kier molecular flexibility index (Phi) is 23.2. The lowest BCUT2D eigenvalue weighted by molar-refractivity contribution is -0.143. The van der Waals surface area contributed by atoms with Gasteiger partial charge >= 0.3 is 17.9 Å². The highest BCUT2D eigenvalue weighted by atomic mass is 16.4. The molecule has 0 unspecified atom stereocenters. The van der Waals surface area contributed by atoms with E-state index in [-0.39, 0.29) is 23.4 Å². The lowest BCUT2D eigenvalue weighted by Gasteiger charge is -2.25. The summed E-state index contributed by atoms with van der Waals surface area (Å²) < 4.78 is 0. The van der Waals surface area contributed by atoms with Crippen LogP contribution in [0.25, 0.3) is 0 Å². The number of aromatic hydroxyl groups is 1. The molecule has 30 nitrogen and oxygen atoms in total. The van der Waals surface area contributed by atoms with Gasteiger partial charge in [0.15, 0.2) is 0 Å². The van der Waals surface area contributed by atoms with Crippen LogP contribution in [0, 0.1) is 0 Å². The van der Waals surface area contributed by atoms with E-state index in [1.54, 1.807) is 30.3 Å². The molecule has 1 heterocycles. The molecular formula is C45H57N13O17. The van der Waals surface area contributed by atoms with Gasteiger partial charge in [0.2, 0.25) is 59.1 Å². The number of nitrogens with zero attached hydrogens (tertiary/aromatic N) is 1. The minimum absolute atomic E-state index is 0.194. The Morgan fingerprint density at radius 2 is 0.933 bits per heavy atom. The van der Waals surface area contributed by atoms with E-state index in [1.165, 1.54) is 43.7 Å². The van der Waals surface area contributed by atoms with Gasteiger partial charge in [0.1, 0.15) is 48.0 Å². The molecule has 19 N–H and O–H groups in total. The first-order chi connectivity index (χ1) is 35.3. The molecule has 0 aliphatic rings. The first-order valence-electron chi connectivity index (χ1n) is 22.5. The summed E-state index contributed by atoms with van der Waals surface area (Å²) in [6.07, 6.45) is -2.50. The van der Waals surface area contributed by atoms with Crippen molar-refractivity contribution in [2.75, 3.05) is 6.54 Å². The van der Waals surface area contributed by atoms with Crippen LogP contribution in [0.15, 0.2) is 67.1 Å². The molecule has 3 aromatic rings. The molecule has 1 aromatic heterocycles. The highest BCUT2D eigenvalue weighted by Gasteiger charge is 2.35. The summed E-state index contributed by atoms with van der Waals surface area (Å²) in [5.41, 5.74) is 17.0. The van der Waals surface area contributed by atoms with E-state index in [0.717, 1.165) is 0 Å². The van der Waals surface area contributed by atoms with E-state index in [4.69, 9.17) is 17.2 Å². The number of hydrogen-bond acceptors (Lipinski definition) is 16. The van der Waals surface area contributed by atoms with Crippen molar-refractivity contribution in [3.05, 3.63) is 83.9 Å². The topological polar surface area (TPSA) is 506 Å². The number of primary amides is 2. The second-order valence-corrected chi connectivity index (χ2v) is 16.7. The third-order valence-electron chi connectivity index (χ3n) is 10.5. The van der Waals surface area contributed by atoms with E-state index in [2.05, 4.69) is 52.5 Å². The van der Waals surface area contributed by atoms with Gasteiger partial charge in [0.05, 0.1) is 44.6 Å². The van der Waals surface area contributed by atoms with Crippen molar-refractivity contribution in [1.29, 1.82) is 0 Å². The Balaban J connectivity index is 1.84. The number of nitrogens with one attached hydrogen (secondary N) is 9. The van der Waals surface area contributed by atoms with Crippen LogP contribution in [0.2, 0.25) is 0 Å². The van der Waals surface area contributed by atoms with Gasteiger partial charge in [-0.15, -0.1) is 0 Å². The molecule has 2 aromatic carbocycles. The second kappa shape index (κ2) is 29.1. The molecule has 0 aliphatic carbocycles. The van der Waals surface area contributed by atoms with E-state index in [9.17, 15) is 82.8 Å². The van der Waals surface area contributed by atoms with E-state index >= 15 is 0 Å². The van der Waals surface area contributed by atoms with Crippen molar-refractivity contribution in [2.45, 2.75) is 100 Å². The van der Waals surface area contributed by atoms with Crippen molar-refractivity contribution in [3.8, 4) is 5.75 Å². The van der Waals surface area contributed by atoms with Gasteiger partial charge < -0.3 is 85.1 Å². The van der Waals surface area contributed by atoms with Crippen LogP contribution in [0.3, 0.4) is 0 Å². The number of nitrogens with two attached hydrogens (primary N) is 3. The second-order valence-electron chi connectivity index (χ2n) is 16.7. The maximum absolute atomic E-state index is 13.9. The molecule has 0 fully saturated rings. The number of aromatic nitrogens is 2. The van der Waals surface area contributed by atoms with Gasteiger partial charge in [0, 0.05) is 31.2 Å². The predicted octanol–water partition coefficient (Wildman–Crippen LogP) is -6.22. The van der Waals surface area contributed by atoms with Crippen LogP contribution < -0.4 is 59.7 Å². The fourth-order valence-corrected chi connectivity index (χ4v) is 6.74. The summed E-state index contributed by atoms with van der Waals surface area (Å²) >= 11 is 0. The molecule has 0 radical (unpaired) electrons. The summed E-state index contributed by atoms with van der Waals surface area (Å²) in [4.78, 5) is 173. The number of phenols is 1. The SMILES string of the molecule is C[C@H](N)C(=O)N[C@@H](CC(N)=O)C(=O)N[C@@H](CC(=O)O)C(=O)N[C@@H](Cc1cnc[nH]1)C(=O)NCC(=O)N[C@@H](Cc1ccc(O)cc1)C(=O)N[C@@H](CC(=O)O)C(=O)N[C@@H](CC(N)=O)C(=O)N[C@@H](Cc1ccccc1)C(=O)O. The molecule has 8 atom stereocenters. The van der Waals surface area contributed by atoms with Crippen molar-refractivity contribution in [3.63, 3.8) is 0 Å². The smallest absolute Gasteiger partial charge is 0.326 e. The molecule has 30 heteroatoms. The summed E-state index contributed by atoms with van der Waals surface area (Å²) in [6, 6.07) is -0.498. The number of carbonyl (C=O) groups excluding carboxylic acids is 10. The summed E-state index contributed by atoms with van der Waals surface area (Å²) in [5, 5.41) is 56.5. The van der Waals surface area contributed by atoms with E-state index in [1.807, 2.05) is 0 Å². The van der Waals surface area contributed by atoms with Gasteiger partial charge in [0.25, 0.3) is 0 Å². The van der Waals surface area contributed by atoms with Crippen LogP contribution in [0.1, 0.15) is 49.4 Å². The zero-order valence-corrected chi connectivity index (χ0v) is 39.9. The third kappa shape index (κ3) is 21.4. The highest BCUT2D eigenvalue weighted by Crippen LogP contribution is 2.13.